The van der Waals surface area contributed by atoms with Gasteiger partial charge in [0.2, 0.25) is 5.91 Å². The number of amides is 1. The molecular weight excluding hydrogens is 340 g/mol. The van der Waals surface area contributed by atoms with Crippen LogP contribution in [-0.4, -0.2) is 54.6 Å². The number of rotatable bonds is 6. The van der Waals surface area contributed by atoms with E-state index >= 15 is 0 Å². The molecule has 1 heterocycles. The summed E-state index contributed by atoms with van der Waals surface area (Å²) >= 11 is 0. The summed E-state index contributed by atoms with van der Waals surface area (Å²) in [7, 11) is 3.39. The van der Waals surface area contributed by atoms with Gasteiger partial charge in [-0.15, -0.1) is 0 Å². The molecule has 2 aliphatic rings. The lowest BCUT2D eigenvalue weighted by molar-refractivity contribution is -0.130. The highest BCUT2D eigenvalue weighted by Gasteiger charge is 2.47. The minimum Gasteiger partial charge on any atom is -0.493 e. The predicted octanol–water partition coefficient (Wildman–Crippen LogP) is 3.85. The van der Waals surface area contributed by atoms with Crippen LogP contribution in [0.2, 0.25) is 0 Å². The molecule has 0 bridgehead atoms. The highest BCUT2D eigenvalue weighted by molar-refractivity contribution is 5.73. The van der Waals surface area contributed by atoms with Crippen LogP contribution in [-0.2, 0) is 11.3 Å². The maximum atomic E-state index is 12.2. The van der Waals surface area contributed by atoms with Crippen molar-refractivity contribution >= 4 is 5.91 Å². The lowest BCUT2D eigenvalue weighted by atomic mass is 9.79. The van der Waals surface area contributed by atoms with Gasteiger partial charge in [0.05, 0.1) is 14.2 Å². The number of para-hydroxylation sites is 1. The molecule has 2 fully saturated rings. The SMILES string of the molecule is CCN(C(C)=O)[C@@H]1CN(Cc2cccc(OC)c2OC)C2(CCCCC2)C1. The number of nitrogens with zero attached hydrogens (tertiary/aromatic N) is 2. The van der Waals surface area contributed by atoms with Gasteiger partial charge in [-0.05, 0) is 32.3 Å². The summed E-state index contributed by atoms with van der Waals surface area (Å²) in [4.78, 5) is 16.8. The second kappa shape index (κ2) is 8.51. The van der Waals surface area contributed by atoms with Crippen LogP contribution >= 0.6 is 0 Å². The Balaban J connectivity index is 1.89. The van der Waals surface area contributed by atoms with E-state index in [4.69, 9.17) is 9.47 Å². The molecule has 1 atom stereocenters. The quantitative estimate of drug-likeness (QED) is 0.758. The Hall–Kier alpha value is -1.75. The predicted molar refractivity (Wildman–Crippen MR) is 107 cm³/mol. The van der Waals surface area contributed by atoms with Crippen LogP contribution in [0, 0.1) is 0 Å². The smallest absolute Gasteiger partial charge is 0.219 e. The Morgan fingerprint density at radius 2 is 1.96 bits per heavy atom. The first-order valence-electron chi connectivity index (χ1n) is 10.3. The average molecular weight is 375 g/mol. The number of hydrogen-bond acceptors (Lipinski definition) is 4. The van der Waals surface area contributed by atoms with Crippen molar-refractivity contribution in [3.05, 3.63) is 23.8 Å². The number of ether oxygens (including phenoxy) is 2. The first kappa shape index (κ1) is 20.0. The highest BCUT2D eigenvalue weighted by Crippen LogP contribution is 2.45. The van der Waals surface area contributed by atoms with E-state index in [0.29, 0.717) is 6.04 Å². The molecule has 0 aromatic heterocycles. The van der Waals surface area contributed by atoms with E-state index in [9.17, 15) is 4.79 Å². The lowest BCUT2D eigenvalue weighted by Crippen LogP contribution is -2.44. The third-order valence-electron chi connectivity index (χ3n) is 6.53. The van der Waals surface area contributed by atoms with Gasteiger partial charge >= 0.3 is 0 Å². The van der Waals surface area contributed by atoms with E-state index in [1.54, 1.807) is 21.1 Å². The van der Waals surface area contributed by atoms with Gasteiger partial charge in [-0.3, -0.25) is 9.69 Å². The summed E-state index contributed by atoms with van der Waals surface area (Å²) in [5.41, 5.74) is 1.37. The summed E-state index contributed by atoms with van der Waals surface area (Å²) in [5, 5.41) is 0. The Labute approximate surface area is 163 Å². The summed E-state index contributed by atoms with van der Waals surface area (Å²) in [6.45, 7) is 6.35. The van der Waals surface area contributed by atoms with Gasteiger partial charge in [-0.1, -0.05) is 31.4 Å². The molecule has 1 amide bonds. The molecule has 3 rings (SSSR count). The van der Waals surface area contributed by atoms with Crippen molar-refractivity contribution in [1.82, 2.24) is 9.80 Å². The highest BCUT2D eigenvalue weighted by atomic mass is 16.5. The molecule has 1 aromatic carbocycles. The molecule has 5 heteroatoms. The van der Waals surface area contributed by atoms with Crippen LogP contribution in [0.4, 0.5) is 0 Å². The van der Waals surface area contributed by atoms with Gasteiger partial charge in [0, 0.05) is 43.7 Å². The summed E-state index contributed by atoms with van der Waals surface area (Å²) in [6.07, 6.45) is 7.44. The van der Waals surface area contributed by atoms with Gasteiger partial charge < -0.3 is 14.4 Å². The van der Waals surface area contributed by atoms with Crippen molar-refractivity contribution in [2.45, 2.75) is 70.5 Å². The molecule has 1 saturated heterocycles. The first-order chi connectivity index (χ1) is 13.0. The van der Waals surface area contributed by atoms with E-state index in [1.165, 1.54) is 32.1 Å². The third-order valence-corrected chi connectivity index (χ3v) is 6.53. The van der Waals surface area contributed by atoms with Gasteiger partial charge in [0.25, 0.3) is 0 Å². The van der Waals surface area contributed by atoms with E-state index < -0.39 is 0 Å². The molecule has 1 saturated carbocycles. The van der Waals surface area contributed by atoms with Gasteiger partial charge in [0.1, 0.15) is 0 Å². The van der Waals surface area contributed by atoms with E-state index in [0.717, 1.165) is 43.1 Å². The van der Waals surface area contributed by atoms with Crippen molar-refractivity contribution in [2.75, 3.05) is 27.3 Å². The van der Waals surface area contributed by atoms with Crippen molar-refractivity contribution in [3.63, 3.8) is 0 Å². The van der Waals surface area contributed by atoms with E-state index in [1.807, 2.05) is 12.1 Å². The number of carbonyl (C=O) groups is 1. The molecule has 1 aliphatic heterocycles. The van der Waals surface area contributed by atoms with Crippen molar-refractivity contribution < 1.29 is 14.3 Å². The van der Waals surface area contributed by atoms with Crippen LogP contribution < -0.4 is 9.47 Å². The monoisotopic (exact) mass is 374 g/mol. The van der Waals surface area contributed by atoms with Crippen LogP contribution in [0.5, 0.6) is 11.5 Å². The Bertz CT molecular complexity index is 655. The largest absolute Gasteiger partial charge is 0.493 e. The number of benzene rings is 1. The number of likely N-dealkylation sites (N-methyl/N-ethyl adjacent to an activating group) is 1. The Kier molecular flexibility index (Phi) is 6.30. The molecular formula is C22H34N2O3. The van der Waals surface area contributed by atoms with Crippen molar-refractivity contribution in [2.24, 2.45) is 0 Å². The Morgan fingerprint density at radius 3 is 2.56 bits per heavy atom. The van der Waals surface area contributed by atoms with Crippen LogP contribution in [0.25, 0.3) is 0 Å². The lowest BCUT2D eigenvalue weighted by Gasteiger charge is -2.41. The Morgan fingerprint density at radius 1 is 1.22 bits per heavy atom. The van der Waals surface area contributed by atoms with Crippen molar-refractivity contribution in [1.29, 1.82) is 0 Å². The molecule has 5 nitrogen and oxygen atoms in total. The topological polar surface area (TPSA) is 42.0 Å². The van der Waals surface area contributed by atoms with Crippen LogP contribution in [0.1, 0.15) is 57.9 Å². The fraction of sp³-hybridized carbons (Fsp3) is 0.682. The van der Waals surface area contributed by atoms with Gasteiger partial charge in [0.15, 0.2) is 11.5 Å². The van der Waals surface area contributed by atoms with E-state index in [2.05, 4.69) is 22.8 Å². The molecule has 1 spiro atoms. The van der Waals surface area contributed by atoms with Crippen LogP contribution in [0.3, 0.4) is 0 Å². The summed E-state index contributed by atoms with van der Waals surface area (Å²) in [6, 6.07) is 6.42. The second-order valence-corrected chi connectivity index (χ2v) is 7.98. The molecule has 1 aliphatic carbocycles. The third kappa shape index (κ3) is 3.93. The number of methoxy groups -OCH3 is 2. The molecule has 0 N–H and O–H groups in total. The average Bonchev–Trinajstić information content (AvgIpc) is 2.99. The minimum absolute atomic E-state index is 0.189. The first-order valence-corrected chi connectivity index (χ1v) is 10.3. The number of hydrogen-bond donors (Lipinski definition) is 0. The standard InChI is InChI=1S/C22H34N2O3/c1-5-24(17(2)25)19-14-22(12-7-6-8-13-22)23(16-19)15-18-10-9-11-20(26-3)21(18)27-4/h9-11,19H,5-8,12-16H2,1-4H3/t19-/m0/s1. The minimum atomic E-state index is 0.189. The molecule has 0 unspecified atom stereocenters. The number of carbonyl (C=O) groups excluding carboxylic acids is 1. The molecule has 27 heavy (non-hydrogen) atoms. The van der Waals surface area contributed by atoms with Crippen molar-refractivity contribution in [3.8, 4) is 11.5 Å². The maximum Gasteiger partial charge on any atom is 0.219 e. The summed E-state index contributed by atoms with van der Waals surface area (Å²) in [5.74, 6) is 1.80. The second-order valence-electron chi connectivity index (χ2n) is 7.98. The summed E-state index contributed by atoms with van der Waals surface area (Å²) < 4.78 is 11.2. The fourth-order valence-electron chi connectivity index (χ4n) is 5.27. The zero-order valence-electron chi connectivity index (χ0n) is 17.3. The maximum absolute atomic E-state index is 12.2. The normalized spacial score (nSPS) is 22.0. The molecule has 0 radical (unpaired) electrons. The zero-order chi connectivity index (χ0) is 19.4. The fourth-order valence-corrected chi connectivity index (χ4v) is 5.27. The van der Waals surface area contributed by atoms with Crippen LogP contribution in [0.15, 0.2) is 18.2 Å². The van der Waals surface area contributed by atoms with Gasteiger partial charge in [-0.2, -0.15) is 0 Å². The number of likely N-dealkylation sites (tertiary alicyclic amines) is 1. The van der Waals surface area contributed by atoms with Gasteiger partial charge in [-0.25, -0.2) is 0 Å². The van der Waals surface area contributed by atoms with E-state index in [-0.39, 0.29) is 11.4 Å². The molecule has 150 valence electrons. The zero-order valence-corrected chi connectivity index (χ0v) is 17.3. The molecule has 1 aromatic rings.